The zero-order valence-electron chi connectivity index (χ0n) is 15.1. The van der Waals surface area contributed by atoms with Crippen molar-refractivity contribution in [2.75, 3.05) is 0 Å². The summed E-state index contributed by atoms with van der Waals surface area (Å²) >= 11 is 0. The van der Waals surface area contributed by atoms with Crippen molar-refractivity contribution in [3.05, 3.63) is 94.5 Å². The lowest BCUT2D eigenvalue weighted by Crippen LogP contribution is -2.34. The normalized spacial score (nSPS) is 12.8. The van der Waals surface area contributed by atoms with Crippen molar-refractivity contribution in [1.29, 1.82) is 0 Å². The quantitative estimate of drug-likeness (QED) is 0.572. The molecule has 28 heavy (non-hydrogen) atoms. The molecule has 1 amide bonds. The Morgan fingerprint density at radius 3 is 2.29 bits per heavy atom. The highest BCUT2D eigenvalue weighted by molar-refractivity contribution is 6.24. The number of ketones is 1. The van der Waals surface area contributed by atoms with E-state index in [4.69, 9.17) is 0 Å². The Morgan fingerprint density at radius 2 is 1.57 bits per heavy atom. The van der Waals surface area contributed by atoms with Crippen molar-refractivity contribution < 1.29 is 19.5 Å². The van der Waals surface area contributed by atoms with Crippen LogP contribution in [0, 0.1) is 6.92 Å². The number of carboxylic acids is 1. The van der Waals surface area contributed by atoms with Gasteiger partial charge in [0.15, 0.2) is 11.8 Å². The van der Waals surface area contributed by atoms with E-state index in [0.717, 1.165) is 5.56 Å². The Kier molecular flexibility index (Phi) is 4.28. The Morgan fingerprint density at radius 1 is 0.893 bits per heavy atom. The van der Waals surface area contributed by atoms with Gasteiger partial charge in [-0.25, -0.2) is 4.79 Å². The third-order valence-electron chi connectivity index (χ3n) is 4.89. The SMILES string of the molecule is Cc1cccc(C(NC(=O)c2cccc3c2-c2ccccc2C3=O)C(=O)O)c1. The number of hydrogen-bond acceptors (Lipinski definition) is 3. The van der Waals surface area contributed by atoms with Crippen LogP contribution in [0.2, 0.25) is 0 Å². The maximum absolute atomic E-state index is 13.0. The fourth-order valence-corrected chi connectivity index (χ4v) is 3.61. The minimum atomic E-state index is -1.18. The van der Waals surface area contributed by atoms with E-state index in [-0.39, 0.29) is 11.3 Å². The Hall–Kier alpha value is -3.73. The van der Waals surface area contributed by atoms with Crippen LogP contribution in [0.5, 0.6) is 0 Å². The summed E-state index contributed by atoms with van der Waals surface area (Å²) in [4.78, 5) is 37.4. The molecule has 2 N–H and O–H groups in total. The lowest BCUT2D eigenvalue weighted by Gasteiger charge is -2.17. The molecule has 3 aromatic carbocycles. The van der Waals surface area contributed by atoms with Gasteiger partial charge in [0.1, 0.15) is 0 Å². The summed E-state index contributed by atoms with van der Waals surface area (Å²) in [7, 11) is 0. The van der Waals surface area contributed by atoms with Crippen molar-refractivity contribution in [2.45, 2.75) is 13.0 Å². The molecule has 0 saturated carbocycles. The van der Waals surface area contributed by atoms with Crippen LogP contribution in [0.3, 0.4) is 0 Å². The number of aryl methyl sites for hydroxylation is 1. The van der Waals surface area contributed by atoms with Crippen molar-refractivity contribution in [3.63, 3.8) is 0 Å². The van der Waals surface area contributed by atoms with Crippen LogP contribution in [0.4, 0.5) is 0 Å². The van der Waals surface area contributed by atoms with Gasteiger partial charge < -0.3 is 10.4 Å². The Balaban J connectivity index is 1.75. The summed E-state index contributed by atoms with van der Waals surface area (Å²) < 4.78 is 0. The molecule has 0 bridgehead atoms. The molecule has 138 valence electrons. The van der Waals surface area contributed by atoms with Gasteiger partial charge in [0.2, 0.25) is 0 Å². The minimum absolute atomic E-state index is 0.131. The molecule has 1 aliphatic rings. The van der Waals surface area contributed by atoms with Gasteiger partial charge in [-0.1, -0.05) is 66.2 Å². The van der Waals surface area contributed by atoms with Gasteiger partial charge in [-0.05, 0) is 24.1 Å². The molecule has 4 rings (SSSR count). The van der Waals surface area contributed by atoms with E-state index >= 15 is 0 Å². The standard InChI is InChI=1S/C23H17NO4/c1-13-6-4-7-14(12-13)20(23(27)28)24-22(26)18-11-5-10-17-19(18)15-8-2-3-9-16(15)21(17)25/h2-12,20H,1H3,(H,24,26)(H,27,28). The third kappa shape index (κ3) is 2.87. The lowest BCUT2D eigenvalue weighted by atomic mass is 9.98. The molecule has 3 aromatic rings. The highest BCUT2D eigenvalue weighted by Crippen LogP contribution is 2.38. The van der Waals surface area contributed by atoms with E-state index in [9.17, 15) is 19.5 Å². The molecular weight excluding hydrogens is 354 g/mol. The number of carboxylic acid groups (broad SMARTS) is 1. The highest BCUT2D eigenvalue weighted by Gasteiger charge is 2.31. The second-order valence-corrected chi connectivity index (χ2v) is 6.76. The van der Waals surface area contributed by atoms with Crippen LogP contribution >= 0.6 is 0 Å². The molecule has 5 heteroatoms. The van der Waals surface area contributed by atoms with E-state index in [1.54, 1.807) is 54.6 Å². The first-order chi connectivity index (χ1) is 13.5. The first-order valence-corrected chi connectivity index (χ1v) is 8.84. The molecule has 0 aliphatic heterocycles. The second kappa shape index (κ2) is 6.78. The molecule has 0 spiro atoms. The molecule has 0 fully saturated rings. The van der Waals surface area contributed by atoms with Crippen LogP contribution in [0.25, 0.3) is 11.1 Å². The van der Waals surface area contributed by atoms with Gasteiger partial charge in [-0.3, -0.25) is 9.59 Å². The molecule has 0 heterocycles. The summed E-state index contributed by atoms with van der Waals surface area (Å²) in [6.07, 6.45) is 0. The van der Waals surface area contributed by atoms with Gasteiger partial charge in [0, 0.05) is 22.3 Å². The number of nitrogens with one attached hydrogen (secondary N) is 1. The molecular formula is C23H17NO4. The number of rotatable bonds is 4. The van der Waals surface area contributed by atoms with Crippen LogP contribution in [-0.2, 0) is 4.79 Å². The third-order valence-corrected chi connectivity index (χ3v) is 4.89. The van der Waals surface area contributed by atoms with E-state index in [1.807, 2.05) is 19.1 Å². The average Bonchev–Trinajstić information content (AvgIpc) is 2.98. The number of fused-ring (bicyclic) bond motifs is 3. The summed E-state index contributed by atoms with van der Waals surface area (Å²) in [5.41, 5.74) is 3.92. The van der Waals surface area contributed by atoms with E-state index in [1.165, 1.54) is 0 Å². The molecule has 1 aliphatic carbocycles. The van der Waals surface area contributed by atoms with E-state index in [0.29, 0.717) is 27.8 Å². The summed E-state index contributed by atoms with van der Waals surface area (Å²) in [5.74, 6) is -1.81. The van der Waals surface area contributed by atoms with Crippen molar-refractivity contribution >= 4 is 17.7 Å². The molecule has 0 aromatic heterocycles. The first-order valence-electron chi connectivity index (χ1n) is 8.84. The van der Waals surface area contributed by atoms with Crippen molar-refractivity contribution in [1.82, 2.24) is 5.32 Å². The zero-order valence-corrected chi connectivity index (χ0v) is 15.1. The monoisotopic (exact) mass is 371 g/mol. The number of aliphatic carboxylic acids is 1. The number of hydrogen-bond donors (Lipinski definition) is 2. The van der Waals surface area contributed by atoms with Crippen molar-refractivity contribution in [2.24, 2.45) is 0 Å². The molecule has 0 radical (unpaired) electrons. The summed E-state index contributed by atoms with van der Waals surface area (Å²) in [5, 5.41) is 12.2. The minimum Gasteiger partial charge on any atom is -0.479 e. The van der Waals surface area contributed by atoms with Crippen LogP contribution in [-0.4, -0.2) is 22.8 Å². The van der Waals surface area contributed by atoms with Gasteiger partial charge in [0.25, 0.3) is 5.91 Å². The number of benzene rings is 3. The smallest absolute Gasteiger partial charge is 0.330 e. The zero-order chi connectivity index (χ0) is 19.8. The lowest BCUT2D eigenvalue weighted by molar-refractivity contribution is -0.139. The van der Waals surface area contributed by atoms with Crippen molar-refractivity contribution in [3.8, 4) is 11.1 Å². The largest absolute Gasteiger partial charge is 0.479 e. The predicted molar refractivity (Wildman–Crippen MR) is 104 cm³/mol. The van der Waals surface area contributed by atoms with Crippen LogP contribution < -0.4 is 5.32 Å². The fraction of sp³-hybridized carbons (Fsp3) is 0.0870. The highest BCUT2D eigenvalue weighted by atomic mass is 16.4. The predicted octanol–water partition coefficient (Wildman–Crippen LogP) is 3.76. The number of carbonyl (C=O) groups is 3. The van der Waals surface area contributed by atoms with Gasteiger partial charge in [0.05, 0.1) is 0 Å². The number of amides is 1. The van der Waals surface area contributed by atoms with Gasteiger partial charge in [-0.2, -0.15) is 0 Å². The van der Waals surface area contributed by atoms with Crippen LogP contribution in [0.15, 0.2) is 66.7 Å². The average molecular weight is 371 g/mol. The Bertz CT molecular complexity index is 1130. The molecule has 0 saturated heterocycles. The summed E-state index contributed by atoms with van der Waals surface area (Å²) in [6, 6.07) is 17.9. The molecule has 1 unspecified atom stereocenters. The molecule has 5 nitrogen and oxygen atoms in total. The van der Waals surface area contributed by atoms with E-state index < -0.39 is 17.9 Å². The Labute approximate surface area is 161 Å². The fourth-order valence-electron chi connectivity index (χ4n) is 3.61. The molecule has 1 atom stereocenters. The van der Waals surface area contributed by atoms with Gasteiger partial charge >= 0.3 is 5.97 Å². The maximum Gasteiger partial charge on any atom is 0.330 e. The second-order valence-electron chi connectivity index (χ2n) is 6.76. The van der Waals surface area contributed by atoms with Crippen LogP contribution in [0.1, 0.15) is 43.4 Å². The van der Waals surface area contributed by atoms with Gasteiger partial charge in [-0.15, -0.1) is 0 Å². The summed E-state index contributed by atoms with van der Waals surface area (Å²) in [6.45, 7) is 1.86. The van der Waals surface area contributed by atoms with E-state index in [2.05, 4.69) is 5.32 Å². The first kappa shape index (κ1) is 17.7. The maximum atomic E-state index is 13.0. The topological polar surface area (TPSA) is 83.5 Å². The number of carbonyl (C=O) groups excluding carboxylic acids is 2.